The minimum Gasteiger partial charge on any atom is -0.379 e. The van der Waals surface area contributed by atoms with Gasteiger partial charge in [0.15, 0.2) is 0 Å². The Hall–Kier alpha value is -0.940. The second-order valence-electron chi connectivity index (χ2n) is 20.8. The van der Waals surface area contributed by atoms with Gasteiger partial charge in [-0.15, -0.1) is 0 Å². The van der Waals surface area contributed by atoms with Gasteiger partial charge in [-0.3, -0.25) is 0 Å². The fourth-order valence-corrected chi connectivity index (χ4v) is 12.3. The largest absolute Gasteiger partial charge is 0.379 e. The Labute approximate surface area is 355 Å². The van der Waals surface area contributed by atoms with Gasteiger partial charge in [0.25, 0.3) is 0 Å². The van der Waals surface area contributed by atoms with Crippen LogP contribution in [-0.2, 0) is 14.2 Å². The minimum absolute atomic E-state index is 0.126. The molecule has 0 spiro atoms. The summed E-state index contributed by atoms with van der Waals surface area (Å²) in [4.78, 5) is 2.22. The molecule has 0 aliphatic heterocycles. The maximum Gasteiger partial charge on any atom is 0.0934 e. The van der Waals surface area contributed by atoms with E-state index in [0.29, 0.717) is 23.5 Å². The zero-order chi connectivity index (χ0) is 40.9. The van der Waals surface area contributed by atoms with Crippen molar-refractivity contribution in [1.29, 1.82) is 0 Å². The van der Waals surface area contributed by atoms with Gasteiger partial charge in [0.2, 0.25) is 0 Å². The third-order valence-corrected chi connectivity index (χ3v) is 15.6. The summed E-state index contributed by atoms with van der Waals surface area (Å²) in [5, 5.41) is 0. The smallest absolute Gasteiger partial charge is 0.0934 e. The molecule has 0 aromatic rings. The Morgan fingerprint density at radius 2 is 1.49 bits per heavy atom. The number of rotatable bonds is 30. The normalized spacial score (nSPS) is 29.9. The first-order chi connectivity index (χ1) is 27.6. The lowest BCUT2D eigenvalue weighted by Gasteiger charge is -2.58. The molecule has 0 aromatic heterocycles. The molecule has 0 saturated heterocycles. The summed E-state index contributed by atoms with van der Waals surface area (Å²) in [7, 11) is 4.27. The van der Waals surface area contributed by atoms with E-state index in [1.807, 2.05) is 0 Å². The third kappa shape index (κ3) is 15.8. The fourth-order valence-electron chi connectivity index (χ4n) is 12.3. The third-order valence-electron chi connectivity index (χ3n) is 15.6. The minimum atomic E-state index is 0.126. The first-order valence-electron chi connectivity index (χ1n) is 25.0. The molecule has 0 bridgehead atoms. The number of allylic oxidation sites excluding steroid dienone is 5. The molecule has 0 heterocycles. The Morgan fingerprint density at radius 3 is 2.23 bits per heavy atom. The van der Waals surface area contributed by atoms with Crippen molar-refractivity contribution in [3.8, 4) is 0 Å². The molecule has 4 aliphatic carbocycles. The van der Waals surface area contributed by atoms with E-state index in [2.05, 4.69) is 90.9 Å². The van der Waals surface area contributed by atoms with Crippen LogP contribution in [0.5, 0.6) is 0 Å². The van der Waals surface area contributed by atoms with Crippen LogP contribution in [0.2, 0.25) is 0 Å². The van der Waals surface area contributed by atoms with Crippen molar-refractivity contribution in [2.75, 3.05) is 47.1 Å². The molecule has 0 radical (unpaired) electrons. The van der Waals surface area contributed by atoms with Crippen LogP contribution in [-0.4, -0.2) is 64.2 Å². The highest BCUT2D eigenvalue weighted by Gasteiger charge is 2.59. The van der Waals surface area contributed by atoms with Gasteiger partial charge in [-0.1, -0.05) is 135 Å². The Kier molecular flexibility index (Phi) is 22.6. The lowest BCUT2D eigenvalue weighted by Crippen LogP contribution is -2.51. The summed E-state index contributed by atoms with van der Waals surface area (Å²) >= 11 is 0. The van der Waals surface area contributed by atoms with Gasteiger partial charge in [-0.2, -0.15) is 0 Å². The number of ether oxygens (including phenoxy) is 3. The highest BCUT2D eigenvalue weighted by Crippen LogP contribution is 2.67. The second-order valence-corrected chi connectivity index (χ2v) is 20.8. The molecule has 3 fully saturated rings. The van der Waals surface area contributed by atoms with E-state index in [0.717, 1.165) is 87.6 Å². The Bertz CT molecular complexity index is 1160. The lowest BCUT2D eigenvalue weighted by atomic mass is 9.47. The number of fused-ring (bicyclic) bond motifs is 5. The van der Waals surface area contributed by atoms with E-state index in [-0.39, 0.29) is 6.10 Å². The zero-order valence-corrected chi connectivity index (χ0v) is 39.2. The average molecular weight is 794 g/mol. The monoisotopic (exact) mass is 794 g/mol. The van der Waals surface area contributed by atoms with Crippen molar-refractivity contribution < 1.29 is 14.2 Å². The van der Waals surface area contributed by atoms with E-state index >= 15 is 0 Å². The van der Waals surface area contributed by atoms with Crippen molar-refractivity contribution >= 4 is 0 Å². The summed E-state index contributed by atoms with van der Waals surface area (Å²) in [6.45, 7) is 19.0. The molecular formula is C53H95NO3. The fraction of sp³-hybridized carbons (Fsp3) is 0.887. The van der Waals surface area contributed by atoms with Crippen LogP contribution in [0.4, 0.5) is 0 Å². The van der Waals surface area contributed by atoms with Crippen molar-refractivity contribution in [2.24, 2.45) is 46.3 Å². The van der Waals surface area contributed by atoms with Crippen LogP contribution >= 0.6 is 0 Å². The molecule has 4 nitrogen and oxygen atoms in total. The maximum absolute atomic E-state index is 6.58. The van der Waals surface area contributed by atoms with Gasteiger partial charge in [-0.25, -0.2) is 0 Å². The Morgan fingerprint density at radius 1 is 0.754 bits per heavy atom. The summed E-state index contributed by atoms with van der Waals surface area (Å²) in [5.74, 6) is 5.41. The van der Waals surface area contributed by atoms with Crippen LogP contribution < -0.4 is 0 Å². The average Bonchev–Trinajstić information content (AvgIpc) is 3.54. The van der Waals surface area contributed by atoms with Crippen LogP contribution in [0.25, 0.3) is 0 Å². The molecule has 0 N–H and O–H groups in total. The lowest BCUT2D eigenvalue weighted by molar-refractivity contribution is -0.0673. The van der Waals surface area contributed by atoms with Crippen LogP contribution in [0.1, 0.15) is 196 Å². The standard InChI is InChI=1S/C53H95NO3/c1-9-10-11-12-13-14-15-16-17-18-19-20-21-22-23-24-37-55-42-47(41-54(7)8)57-39-26-38-56-46-33-35-52(5)45(40-46)29-30-48-50-32-31-49(44(4)28-25-27-43(2)3)53(50,6)36-34-51(48)52/h13-14,16-17,29,43-44,46-51H,9-12,15,18-28,30-42H2,1-8H3/b14-13-,17-16-/t44?,46-,47?,48+,49?,50?,51?,52-,53+/m0/s1. The molecule has 0 amide bonds. The number of hydrogen-bond acceptors (Lipinski definition) is 4. The van der Waals surface area contributed by atoms with Gasteiger partial charge in [0.1, 0.15) is 0 Å². The SMILES string of the molecule is CCCCC/C=C\C/C=C\CCCCCCCCOCC(CN(C)C)OCCCO[C@H]1CC[C@@]2(C)C(=CC[C@@H]3C4CCC(C(C)CCCC(C)C)[C@@]4(C)CCC32)C1. The first-order valence-corrected chi connectivity index (χ1v) is 25.0. The predicted molar refractivity (Wildman–Crippen MR) is 246 cm³/mol. The first kappa shape index (κ1) is 48.7. The molecule has 9 atom stereocenters. The number of hydrogen-bond donors (Lipinski definition) is 0. The quantitative estimate of drug-likeness (QED) is 0.0535. The molecule has 57 heavy (non-hydrogen) atoms. The van der Waals surface area contributed by atoms with Gasteiger partial charge in [0.05, 0.1) is 18.8 Å². The summed E-state index contributed by atoms with van der Waals surface area (Å²) in [5.41, 5.74) is 2.72. The molecule has 330 valence electrons. The predicted octanol–water partition coefficient (Wildman–Crippen LogP) is 14.6. The zero-order valence-electron chi connectivity index (χ0n) is 39.2. The number of unbranched alkanes of at least 4 members (excludes halogenated alkanes) is 9. The van der Waals surface area contributed by atoms with E-state index in [1.165, 1.54) is 128 Å². The molecule has 5 unspecified atom stereocenters. The summed E-state index contributed by atoms with van der Waals surface area (Å²) < 4.78 is 19.1. The van der Waals surface area contributed by atoms with Crippen molar-refractivity contribution in [1.82, 2.24) is 4.90 Å². The highest BCUT2D eigenvalue weighted by atomic mass is 16.5. The maximum atomic E-state index is 6.58. The van der Waals surface area contributed by atoms with Gasteiger partial charge in [-0.05, 0) is 157 Å². The molecule has 0 aromatic carbocycles. The summed E-state index contributed by atoms with van der Waals surface area (Å²) in [6.07, 6.45) is 44.1. The van der Waals surface area contributed by atoms with Crippen molar-refractivity contribution in [3.05, 3.63) is 36.0 Å². The van der Waals surface area contributed by atoms with Crippen molar-refractivity contribution in [2.45, 2.75) is 208 Å². The number of nitrogens with zero attached hydrogens (tertiary/aromatic N) is 1. The van der Waals surface area contributed by atoms with E-state index in [1.54, 1.807) is 5.57 Å². The van der Waals surface area contributed by atoms with E-state index in [4.69, 9.17) is 14.2 Å². The molecule has 4 rings (SSSR count). The molecule has 4 aliphatic rings. The van der Waals surface area contributed by atoms with E-state index in [9.17, 15) is 0 Å². The summed E-state index contributed by atoms with van der Waals surface area (Å²) in [6, 6.07) is 0. The second kappa shape index (κ2) is 26.4. The topological polar surface area (TPSA) is 30.9 Å². The molecule has 3 saturated carbocycles. The van der Waals surface area contributed by atoms with Gasteiger partial charge < -0.3 is 19.1 Å². The van der Waals surface area contributed by atoms with Crippen molar-refractivity contribution in [3.63, 3.8) is 0 Å². The Balaban J connectivity index is 1.05. The molecular weight excluding hydrogens is 699 g/mol. The van der Waals surface area contributed by atoms with E-state index < -0.39 is 0 Å². The van der Waals surface area contributed by atoms with Gasteiger partial charge >= 0.3 is 0 Å². The highest BCUT2D eigenvalue weighted by molar-refractivity contribution is 5.25. The molecule has 4 heteroatoms. The number of likely N-dealkylation sites (N-methyl/N-ethyl adjacent to an activating group) is 1. The van der Waals surface area contributed by atoms with Crippen LogP contribution in [0, 0.1) is 46.3 Å². The van der Waals surface area contributed by atoms with Crippen LogP contribution in [0.3, 0.4) is 0 Å². The van der Waals surface area contributed by atoms with Crippen LogP contribution in [0.15, 0.2) is 36.0 Å². The van der Waals surface area contributed by atoms with Gasteiger partial charge in [0, 0.05) is 26.4 Å².